The van der Waals surface area contributed by atoms with Crippen molar-refractivity contribution in [1.82, 2.24) is 9.80 Å². The molecule has 3 heterocycles. The Hall–Kier alpha value is -3.49. The largest absolute Gasteiger partial charge is 0.489 e. The van der Waals surface area contributed by atoms with E-state index in [-0.39, 0.29) is 62.0 Å². The van der Waals surface area contributed by atoms with E-state index in [0.717, 1.165) is 30.6 Å². The van der Waals surface area contributed by atoms with Crippen LogP contribution < -0.4 is 4.74 Å². The van der Waals surface area contributed by atoms with E-state index >= 15 is 4.39 Å². The molecule has 1 saturated carbocycles. The summed E-state index contributed by atoms with van der Waals surface area (Å²) >= 11 is 0. The molecule has 5 rings (SSSR count). The molecule has 1 aromatic carbocycles. The summed E-state index contributed by atoms with van der Waals surface area (Å²) in [6, 6.07) is 8.92. The quantitative estimate of drug-likeness (QED) is 0.158. The minimum Gasteiger partial charge on any atom is -0.489 e. The van der Waals surface area contributed by atoms with Crippen LogP contribution in [0.4, 0.5) is 4.39 Å². The number of para-hydroxylation sites is 1. The number of Topliss-reactive ketones (excluding diaryl/α,β-unsaturated/α-hetero) is 2. The third-order valence-corrected chi connectivity index (χ3v) is 14.4. The van der Waals surface area contributed by atoms with Gasteiger partial charge in [-0.25, -0.2) is 9.18 Å². The molecule has 1 N–H and O–H groups in total. The number of benzene rings is 1. The Morgan fingerprint density at radius 2 is 1.62 bits per heavy atom. The molecule has 3 aliphatic heterocycles. The van der Waals surface area contributed by atoms with Crippen molar-refractivity contribution in [3.63, 3.8) is 0 Å². The van der Waals surface area contributed by atoms with Gasteiger partial charge in [-0.05, 0) is 133 Å². The number of aliphatic hydroxyl groups is 1. The van der Waals surface area contributed by atoms with Crippen LogP contribution in [0, 0.1) is 29.6 Å². The lowest BCUT2D eigenvalue weighted by Crippen LogP contribution is -2.64. The second kappa shape index (κ2) is 22.6. The number of likely N-dealkylation sites (N-methyl/N-ethyl adjacent to an activating group) is 1. The zero-order valence-electron chi connectivity index (χ0n) is 39.4. The number of nitrogens with zero attached hydrogens (tertiary/aromatic N) is 2. The molecule has 3 fully saturated rings. The number of esters is 1. The summed E-state index contributed by atoms with van der Waals surface area (Å²) < 4.78 is 47.2. The number of ether oxygens (including phenoxy) is 5. The van der Waals surface area contributed by atoms with Crippen molar-refractivity contribution in [1.29, 1.82) is 0 Å². The number of halogens is 1. The maximum Gasteiger partial charge on any atom is 0.329 e. The van der Waals surface area contributed by atoms with Gasteiger partial charge in [-0.3, -0.25) is 14.4 Å². The molecule has 14 atom stereocenters. The zero-order chi connectivity index (χ0) is 46.2. The molecular weight excluding hydrogens is 808 g/mol. The van der Waals surface area contributed by atoms with Crippen molar-refractivity contribution >= 4 is 23.4 Å². The van der Waals surface area contributed by atoms with Gasteiger partial charge >= 0.3 is 5.97 Å². The fourth-order valence-corrected chi connectivity index (χ4v) is 10.4. The molecular formula is C50H75FN2O10. The van der Waals surface area contributed by atoms with E-state index in [1.54, 1.807) is 26.8 Å². The Morgan fingerprint density at radius 1 is 0.937 bits per heavy atom. The SMILES string of the molecule is CCC1/C=C(\C)C(F)C(C)CC(OC)C2OC(O)(C(=O)C(=O)N3CCCCC3C(=O)OC(C(C)=CC3CCC(N(C)C)C(Oc4ccccc4)C3)C(C)CCC1=O)C(C)CC2OC. The molecule has 0 spiro atoms. The van der Waals surface area contributed by atoms with Gasteiger partial charge in [0.1, 0.15) is 42.1 Å². The molecule has 1 aliphatic carbocycles. The summed E-state index contributed by atoms with van der Waals surface area (Å²) in [5.41, 5.74) is 1.26. The van der Waals surface area contributed by atoms with Crippen LogP contribution in [-0.2, 0) is 38.1 Å². The van der Waals surface area contributed by atoms with Gasteiger partial charge in [0.05, 0.1) is 12.2 Å². The Kier molecular flexibility index (Phi) is 18.1. The van der Waals surface area contributed by atoms with E-state index < -0.39 is 77.8 Å². The van der Waals surface area contributed by atoms with Crippen LogP contribution in [0.1, 0.15) is 112 Å². The van der Waals surface area contributed by atoms with E-state index in [1.807, 2.05) is 51.1 Å². The summed E-state index contributed by atoms with van der Waals surface area (Å²) in [5, 5.41) is 12.1. The van der Waals surface area contributed by atoms with Gasteiger partial charge in [-0.2, -0.15) is 0 Å². The first kappa shape index (κ1) is 50.5. The summed E-state index contributed by atoms with van der Waals surface area (Å²) in [5.74, 6) is -6.82. The van der Waals surface area contributed by atoms with Crippen LogP contribution in [0.25, 0.3) is 0 Å². The number of hydrogen-bond donors (Lipinski definition) is 1. The highest BCUT2D eigenvalue weighted by Gasteiger charge is 2.56. The van der Waals surface area contributed by atoms with Crippen LogP contribution in [0.3, 0.4) is 0 Å². The van der Waals surface area contributed by atoms with Crippen LogP contribution in [0.15, 0.2) is 53.6 Å². The molecule has 2 bridgehead atoms. The fraction of sp³-hybridized carbons (Fsp3) is 0.720. The molecule has 1 amide bonds. The highest BCUT2D eigenvalue weighted by atomic mass is 19.1. The monoisotopic (exact) mass is 883 g/mol. The summed E-state index contributed by atoms with van der Waals surface area (Å²) in [7, 11) is 7.07. The smallest absolute Gasteiger partial charge is 0.329 e. The number of fused-ring (bicyclic) bond motifs is 3. The standard InChI is InChI=1S/C50H75FN2O10/c1-11-36-26-31(3)44(51)32(4)27-42(59-9)46-43(60-10)28-34(6)50(58,63-46)47(55)48(56)53-24-16-15-19-39(53)49(57)62-45(30(2)20-23-40(36)54)33(5)25-35-21-22-38(52(7)8)41(29-35)61-37-17-13-12-14-18-37/h12-14,17-18,25-26,30,32,34-36,38-39,41-46,58H,11,15-16,19-24,27-29H2,1-10H3/b31-26+,33-25?. The van der Waals surface area contributed by atoms with Gasteiger partial charge in [-0.15, -0.1) is 0 Å². The molecule has 4 aliphatic rings. The van der Waals surface area contributed by atoms with Crippen LogP contribution >= 0.6 is 0 Å². The minimum absolute atomic E-state index is 0.0201. The number of rotatable bonds is 8. The lowest BCUT2D eigenvalue weighted by Gasteiger charge is -2.47. The number of allylic oxidation sites excluding steroid dienone is 3. The number of carbonyl (C=O) groups excluding carboxylic acids is 4. The normalized spacial score (nSPS) is 38.2. The second-order valence-electron chi connectivity index (χ2n) is 19.2. The maximum absolute atomic E-state index is 16.3. The van der Waals surface area contributed by atoms with E-state index in [2.05, 4.69) is 25.1 Å². The summed E-state index contributed by atoms with van der Waals surface area (Å²) in [4.78, 5) is 60.5. The van der Waals surface area contributed by atoms with Gasteiger partial charge in [0.2, 0.25) is 5.79 Å². The summed E-state index contributed by atoms with van der Waals surface area (Å²) in [6.45, 7) is 11.0. The predicted molar refractivity (Wildman–Crippen MR) is 238 cm³/mol. The number of piperidine rings is 1. The Labute approximate surface area is 375 Å². The number of carbonyl (C=O) groups is 4. The van der Waals surface area contributed by atoms with E-state index in [9.17, 15) is 24.3 Å². The third kappa shape index (κ3) is 12.1. The van der Waals surface area contributed by atoms with Crippen molar-refractivity contribution in [2.75, 3.05) is 34.9 Å². The first-order valence-corrected chi connectivity index (χ1v) is 23.4. The molecule has 12 nitrogen and oxygen atoms in total. The lowest BCUT2D eigenvalue weighted by molar-refractivity contribution is -0.302. The number of amides is 1. The molecule has 0 radical (unpaired) electrons. The van der Waals surface area contributed by atoms with Gasteiger partial charge in [0.25, 0.3) is 11.7 Å². The molecule has 2 saturated heterocycles. The van der Waals surface area contributed by atoms with E-state index in [0.29, 0.717) is 31.3 Å². The topological polar surface area (TPSA) is 141 Å². The van der Waals surface area contributed by atoms with E-state index in [1.165, 1.54) is 19.1 Å². The van der Waals surface area contributed by atoms with Gasteiger partial charge in [0.15, 0.2) is 0 Å². The van der Waals surface area contributed by atoms with Crippen molar-refractivity contribution in [3.8, 4) is 5.75 Å². The van der Waals surface area contributed by atoms with Gasteiger partial charge in [-0.1, -0.05) is 58.0 Å². The fourth-order valence-electron chi connectivity index (χ4n) is 10.4. The first-order chi connectivity index (χ1) is 29.9. The highest BCUT2D eigenvalue weighted by Crippen LogP contribution is 2.40. The highest BCUT2D eigenvalue weighted by molar-refractivity contribution is 6.39. The van der Waals surface area contributed by atoms with Crippen LogP contribution in [0.5, 0.6) is 5.75 Å². The molecule has 63 heavy (non-hydrogen) atoms. The Bertz CT molecular complexity index is 1770. The molecule has 352 valence electrons. The van der Waals surface area contributed by atoms with Crippen molar-refractivity contribution in [3.05, 3.63) is 53.6 Å². The number of cyclic esters (lactones) is 1. The Morgan fingerprint density at radius 3 is 2.27 bits per heavy atom. The van der Waals surface area contributed by atoms with Crippen molar-refractivity contribution in [2.24, 2.45) is 29.6 Å². The number of alkyl halides is 1. The molecule has 13 heteroatoms. The third-order valence-electron chi connectivity index (χ3n) is 14.4. The van der Waals surface area contributed by atoms with Gasteiger partial charge in [0, 0.05) is 45.1 Å². The number of ketones is 2. The van der Waals surface area contributed by atoms with Gasteiger partial charge < -0.3 is 38.6 Å². The van der Waals surface area contributed by atoms with Crippen LogP contribution in [0.2, 0.25) is 0 Å². The first-order valence-electron chi connectivity index (χ1n) is 23.4. The predicted octanol–water partition coefficient (Wildman–Crippen LogP) is 7.45. The lowest BCUT2D eigenvalue weighted by atomic mass is 9.81. The maximum atomic E-state index is 16.3. The van der Waals surface area contributed by atoms with E-state index in [4.69, 9.17) is 23.7 Å². The second-order valence-corrected chi connectivity index (χ2v) is 19.2. The van der Waals surface area contributed by atoms with Crippen LogP contribution in [-0.4, -0.2) is 128 Å². The Balaban J connectivity index is 1.51. The summed E-state index contributed by atoms with van der Waals surface area (Å²) in [6.07, 6.45) is 4.52. The molecule has 1 aromatic rings. The van der Waals surface area contributed by atoms with Crippen molar-refractivity contribution < 1.29 is 52.4 Å². The average Bonchev–Trinajstić information content (AvgIpc) is 3.27. The minimum atomic E-state index is -2.56. The number of methoxy groups -OCH3 is 2. The molecule has 14 unspecified atom stereocenters. The molecule has 0 aromatic heterocycles. The van der Waals surface area contributed by atoms with Crippen molar-refractivity contribution in [2.45, 2.75) is 167 Å². The average molecular weight is 883 g/mol. The zero-order valence-corrected chi connectivity index (χ0v) is 39.4. The number of hydrogen-bond acceptors (Lipinski definition) is 11.